The predicted octanol–water partition coefficient (Wildman–Crippen LogP) is 20.0. The van der Waals surface area contributed by atoms with Gasteiger partial charge in [0.2, 0.25) is 0 Å². The number of para-hydroxylation sites is 5. The summed E-state index contributed by atoms with van der Waals surface area (Å²) < 4.78 is 11.6. The van der Waals surface area contributed by atoms with Crippen LogP contribution in [0.2, 0.25) is 0 Å². The Labute approximate surface area is 498 Å². The van der Waals surface area contributed by atoms with Crippen LogP contribution in [0.4, 0.5) is 22.7 Å². The van der Waals surface area contributed by atoms with Crippen LogP contribution >= 0.6 is 0 Å². The van der Waals surface area contributed by atoms with Crippen LogP contribution in [0.1, 0.15) is 26.3 Å². The molecule has 402 valence electrons. The van der Waals surface area contributed by atoms with E-state index in [0.717, 1.165) is 100 Å². The van der Waals surface area contributed by atoms with Crippen LogP contribution in [-0.2, 0) is 26.5 Å². The molecule has 0 atom stereocenters. The molecule has 0 N–H and O–H groups in total. The van der Waals surface area contributed by atoms with Crippen molar-refractivity contribution in [2.75, 3.05) is 9.80 Å². The monoisotopic (exact) mass is 1250 g/mol. The third kappa shape index (κ3) is 9.07. The van der Waals surface area contributed by atoms with E-state index in [0.29, 0.717) is 11.5 Å². The van der Waals surface area contributed by atoms with Gasteiger partial charge in [-0.2, -0.15) is 12.1 Å². The Hall–Kier alpha value is -9.74. The minimum atomic E-state index is -0.0960. The summed E-state index contributed by atoms with van der Waals surface area (Å²) >= 11 is 0. The molecule has 4 heterocycles. The van der Waals surface area contributed by atoms with Crippen molar-refractivity contribution < 1.29 is 25.8 Å². The van der Waals surface area contributed by atoms with Crippen molar-refractivity contribution in [2.24, 2.45) is 0 Å². The van der Waals surface area contributed by atoms with E-state index in [1.54, 1.807) is 0 Å². The summed E-state index contributed by atoms with van der Waals surface area (Å²) in [6.07, 6.45) is 1.93. The van der Waals surface area contributed by atoms with Gasteiger partial charge >= 0.3 is 0 Å². The fourth-order valence-electron chi connectivity index (χ4n) is 12.1. The van der Waals surface area contributed by atoms with Gasteiger partial charge in [-0.05, 0) is 110 Å². The van der Waals surface area contributed by atoms with Crippen LogP contribution in [-0.4, -0.2) is 14.1 Å². The van der Waals surface area contributed by atoms with E-state index < -0.39 is 0 Å². The zero-order valence-corrected chi connectivity index (χ0v) is 48.2. The Morgan fingerprint density at radius 1 is 0.434 bits per heavy atom. The average molecular weight is 1250 g/mol. The van der Waals surface area contributed by atoms with Gasteiger partial charge < -0.3 is 23.7 Å². The number of aromatic nitrogens is 3. The fraction of sp³-hybridized carbons (Fsp3) is 0.0526. The molecule has 1 aliphatic heterocycles. The normalized spacial score (nSPS) is 12.3. The first-order valence-electron chi connectivity index (χ1n) is 27.9. The van der Waals surface area contributed by atoms with E-state index in [1.807, 2.05) is 24.4 Å². The predicted molar refractivity (Wildman–Crippen MR) is 339 cm³/mol. The molecule has 0 saturated carbocycles. The zero-order chi connectivity index (χ0) is 54.9. The van der Waals surface area contributed by atoms with E-state index in [-0.39, 0.29) is 26.5 Å². The van der Waals surface area contributed by atoms with E-state index in [2.05, 4.69) is 301 Å². The molecule has 83 heavy (non-hydrogen) atoms. The van der Waals surface area contributed by atoms with Crippen molar-refractivity contribution >= 4 is 66.4 Å². The number of nitrogens with zero attached hydrogens (tertiary/aromatic N) is 5. The fourth-order valence-corrected chi connectivity index (χ4v) is 12.1. The van der Waals surface area contributed by atoms with Crippen molar-refractivity contribution in [2.45, 2.75) is 26.2 Å². The van der Waals surface area contributed by atoms with Crippen molar-refractivity contribution in [1.82, 2.24) is 14.1 Å². The molecule has 0 spiro atoms. The van der Waals surface area contributed by atoms with Crippen LogP contribution in [0.15, 0.2) is 267 Å². The van der Waals surface area contributed by atoms with Crippen LogP contribution in [0, 0.1) is 18.8 Å². The van der Waals surface area contributed by atoms with Gasteiger partial charge in [-0.1, -0.05) is 202 Å². The second-order valence-electron chi connectivity index (χ2n) is 22.1. The number of pyridine rings is 1. The van der Waals surface area contributed by atoms with Crippen molar-refractivity contribution in [1.29, 1.82) is 0 Å². The molecule has 7 heteroatoms. The van der Waals surface area contributed by atoms with E-state index >= 15 is 0 Å². The van der Waals surface area contributed by atoms with Crippen molar-refractivity contribution in [3.63, 3.8) is 0 Å². The summed E-state index contributed by atoms with van der Waals surface area (Å²) in [6.45, 7) is 8.93. The number of fused-ring (bicyclic) bond motifs is 8. The quantitative estimate of drug-likeness (QED) is 0.128. The topological polar surface area (TPSA) is 38.5 Å². The largest absolute Gasteiger partial charge is 0.509 e. The van der Waals surface area contributed by atoms with E-state index in [9.17, 15) is 0 Å². The summed E-state index contributed by atoms with van der Waals surface area (Å²) in [6, 6.07) is 100. The van der Waals surface area contributed by atoms with Gasteiger partial charge in [0.25, 0.3) is 0 Å². The van der Waals surface area contributed by atoms with E-state index in [1.165, 1.54) is 27.5 Å². The Balaban J connectivity index is 0.00000614. The van der Waals surface area contributed by atoms with Crippen LogP contribution in [0.3, 0.4) is 0 Å². The van der Waals surface area contributed by atoms with Gasteiger partial charge in [-0.3, -0.25) is 0 Å². The molecular formula is C76H54N5OPt-3. The van der Waals surface area contributed by atoms with Gasteiger partial charge in [0, 0.05) is 88.9 Å². The van der Waals surface area contributed by atoms with Gasteiger partial charge in [0.15, 0.2) is 0 Å². The molecule has 0 amide bonds. The van der Waals surface area contributed by atoms with E-state index in [4.69, 9.17) is 9.72 Å². The minimum absolute atomic E-state index is 0. The Kier molecular flexibility index (Phi) is 13.0. The summed E-state index contributed by atoms with van der Waals surface area (Å²) in [5.41, 5.74) is 19.5. The number of hydrogen-bond acceptors (Lipinski definition) is 4. The molecule has 14 aromatic rings. The molecule has 15 rings (SSSR count). The third-order valence-corrected chi connectivity index (χ3v) is 16.0. The Morgan fingerprint density at radius 3 is 1.69 bits per heavy atom. The van der Waals surface area contributed by atoms with Crippen LogP contribution in [0.5, 0.6) is 11.5 Å². The first-order chi connectivity index (χ1) is 40.3. The molecule has 0 saturated heterocycles. The number of ether oxygens (including phenoxy) is 1. The maximum atomic E-state index is 6.92. The van der Waals surface area contributed by atoms with Crippen LogP contribution in [0.25, 0.3) is 99.6 Å². The molecule has 1 aliphatic rings. The summed E-state index contributed by atoms with van der Waals surface area (Å²) in [5, 5.41) is 4.55. The molecule has 0 fully saturated rings. The van der Waals surface area contributed by atoms with Gasteiger partial charge in [0.05, 0.1) is 11.0 Å². The molecule has 0 radical (unpaired) electrons. The maximum absolute atomic E-state index is 6.92. The molecule has 11 aromatic carbocycles. The number of anilines is 4. The second kappa shape index (κ2) is 21.0. The number of benzene rings is 11. The Bertz CT molecular complexity index is 4650. The summed E-state index contributed by atoms with van der Waals surface area (Å²) in [7, 11) is 0. The number of hydrogen-bond donors (Lipinski definition) is 0. The molecule has 0 aliphatic carbocycles. The molecule has 6 nitrogen and oxygen atoms in total. The Morgan fingerprint density at radius 2 is 1.00 bits per heavy atom. The third-order valence-electron chi connectivity index (χ3n) is 16.0. The SMILES string of the molecule is CC(C)(C)c1ccnc(-n2c3[c-]c(Oc4[c-]c(N5[CH-]N(c6c(-c7cccc(-c8ccccc8)c7)cccc6-c6cccc(-c7ccccc7)c6)c6ccccc65)ccc4)ccc3c3c2ccc2c4ccccc4n(-c4ccccc4)c23)c1.[Pt]. The maximum Gasteiger partial charge on any atom is 0.135 e. The minimum Gasteiger partial charge on any atom is -0.509 e. The zero-order valence-electron chi connectivity index (χ0n) is 45.9. The standard InChI is InChI=1S/C76H54N5O.Pt/c1-76(2,3)57-43-44-77-72(47-57)81-70-42-41-65-64-33-13-14-36-67(64)80(58-29-11-6-12-30-58)75(65)73(70)66-40-39-61(49-71(66)81)82-60-32-19-31-59(48-60)78-50-79(69-38-16-15-37-68(69)78)74-62(55-27-17-25-53(45-55)51-21-7-4-8-22-51)34-20-35-63(74)56-28-18-26-54(46-56)52-23-9-5-10-24-52;/h4-47,50H,1-3H3;/q-3;. The molecule has 0 unspecified atom stereocenters. The van der Waals surface area contributed by atoms with Gasteiger partial charge in [-0.25, -0.2) is 4.98 Å². The second-order valence-corrected chi connectivity index (χ2v) is 22.1. The first-order valence-corrected chi connectivity index (χ1v) is 27.9. The number of rotatable bonds is 10. The summed E-state index contributed by atoms with van der Waals surface area (Å²) in [4.78, 5) is 9.64. The molecule has 0 bridgehead atoms. The van der Waals surface area contributed by atoms with Crippen molar-refractivity contribution in [3.8, 4) is 67.5 Å². The molecular weight excluding hydrogens is 1190 g/mol. The smallest absolute Gasteiger partial charge is 0.135 e. The van der Waals surface area contributed by atoms with Crippen molar-refractivity contribution in [3.05, 3.63) is 291 Å². The average Bonchev–Trinajstić information content (AvgIpc) is 4.32. The van der Waals surface area contributed by atoms with Gasteiger partial charge in [-0.15, -0.1) is 42.7 Å². The van der Waals surface area contributed by atoms with Gasteiger partial charge in [0.1, 0.15) is 5.82 Å². The summed E-state index contributed by atoms with van der Waals surface area (Å²) in [5.74, 6) is 1.95. The van der Waals surface area contributed by atoms with Crippen LogP contribution < -0.4 is 14.5 Å². The first kappa shape index (κ1) is 51.4. The molecule has 3 aromatic heterocycles.